The van der Waals surface area contributed by atoms with Crippen LogP contribution in [0.1, 0.15) is 42.3 Å². The minimum Gasteiger partial charge on any atom is -0.383 e. The first kappa shape index (κ1) is 27.8. The van der Waals surface area contributed by atoms with Crippen LogP contribution in [0.5, 0.6) is 0 Å². The van der Waals surface area contributed by atoms with Crippen molar-refractivity contribution in [3.63, 3.8) is 0 Å². The third-order valence-electron chi connectivity index (χ3n) is 7.53. The third-order valence-corrected chi connectivity index (χ3v) is 7.53. The van der Waals surface area contributed by atoms with Crippen molar-refractivity contribution in [3.05, 3.63) is 91.4 Å². The Kier molecular flexibility index (Phi) is 7.41. The van der Waals surface area contributed by atoms with Crippen LogP contribution in [0.15, 0.2) is 85.8 Å². The molecule has 3 N–H and O–H groups in total. The highest BCUT2D eigenvalue weighted by Crippen LogP contribution is 2.40. The molecule has 1 aliphatic rings. The number of benzene rings is 2. The van der Waals surface area contributed by atoms with Crippen LogP contribution >= 0.6 is 0 Å². The molecule has 0 radical (unpaired) electrons. The molecule has 1 fully saturated rings. The molecule has 2 amide bonds. The fourth-order valence-corrected chi connectivity index (χ4v) is 5.45. The number of alkyl halides is 2. The zero-order valence-corrected chi connectivity index (χ0v) is 23.0. The maximum atomic E-state index is 13.4. The highest BCUT2D eigenvalue weighted by atomic mass is 19.3. The number of nitrogen functional groups attached to an aromatic ring is 1. The molecule has 10 nitrogen and oxygen atoms in total. The lowest BCUT2D eigenvalue weighted by molar-refractivity contribution is -0.132. The van der Waals surface area contributed by atoms with Gasteiger partial charge in [0.05, 0.1) is 17.1 Å². The SMILES string of the molecule is C=CC(=O)N1CCCC[C@H]1n1nc(-c2ccc(C(=O)Nc3ccccc3)cc2)c2c(N)ncc(-c3cnn(C(F)F)c3)c21. The van der Waals surface area contributed by atoms with Crippen LogP contribution in [0.2, 0.25) is 0 Å². The van der Waals surface area contributed by atoms with Crippen molar-refractivity contribution >= 4 is 34.2 Å². The van der Waals surface area contributed by atoms with E-state index in [4.69, 9.17) is 10.8 Å². The fraction of sp³-hybridized carbons (Fsp3) is 0.194. The summed E-state index contributed by atoms with van der Waals surface area (Å²) in [4.78, 5) is 31.8. The van der Waals surface area contributed by atoms with Gasteiger partial charge in [-0.25, -0.2) is 14.3 Å². The van der Waals surface area contributed by atoms with Crippen LogP contribution in [0.25, 0.3) is 33.3 Å². The number of carbonyl (C=O) groups is 2. The van der Waals surface area contributed by atoms with E-state index in [-0.39, 0.29) is 17.6 Å². The smallest absolute Gasteiger partial charge is 0.333 e. The Hall–Kier alpha value is -5.39. The van der Waals surface area contributed by atoms with E-state index in [0.29, 0.717) is 62.2 Å². The molecule has 0 bridgehead atoms. The average molecular weight is 583 g/mol. The number of anilines is 2. The summed E-state index contributed by atoms with van der Waals surface area (Å²) in [6, 6.07) is 16.0. The Morgan fingerprint density at radius 3 is 2.51 bits per heavy atom. The number of hydrogen-bond donors (Lipinski definition) is 2. The Morgan fingerprint density at radius 2 is 1.81 bits per heavy atom. The van der Waals surface area contributed by atoms with E-state index in [1.54, 1.807) is 46.0 Å². The van der Waals surface area contributed by atoms with Gasteiger partial charge in [-0.15, -0.1) is 0 Å². The maximum Gasteiger partial charge on any atom is 0.333 e. The molecule has 218 valence electrons. The number of halogens is 2. The normalized spacial score (nSPS) is 15.1. The standard InChI is InChI=1S/C31H28F2N8O2/c1-2-25(42)39-15-7-6-10-24(39)41-28-23(21-16-36-40(18-21)31(32)33)17-35-29(34)26(28)27(38-41)19-11-13-20(14-12-19)30(43)37-22-8-4-3-5-9-22/h2-5,8-9,11-14,16-18,24,31H,1,6-7,10,15H2,(H2,34,35)(H,37,43)/t24-/m1/s1. The number of piperidine rings is 1. The monoisotopic (exact) mass is 582 g/mol. The number of nitrogens with two attached hydrogens (primary N) is 1. The van der Waals surface area contributed by atoms with Gasteiger partial charge >= 0.3 is 6.55 Å². The molecule has 6 rings (SSSR count). The van der Waals surface area contributed by atoms with Crippen LogP contribution in [0.3, 0.4) is 0 Å². The van der Waals surface area contributed by atoms with Crippen LogP contribution in [0, 0.1) is 0 Å². The summed E-state index contributed by atoms with van der Waals surface area (Å²) in [5, 5.41) is 12.1. The summed E-state index contributed by atoms with van der Waals surface area (Å²) in [5.41, 5.74) is 10.1. The average Bonchev–Trinajstić information content (AvgIpc) is 3.69. The topological polar surface area (TPSA) is 124 Å². The zero-order valence-electron chi connectivity index (χ0n) is 23.0. The number of likely N-dealkylation sites (tertiary alicyclic amines) is 1. The summed E-state index contributed by atoms with van der Waals surface area (Å²) < 4.78 is 29.1. The largest absolute Gasteiger partial charge is 0.383 e. The maximum absolute atomic E-state index is 13.4. The van der Waals surface area contributed by atoms with E-state index in [9.17, 15) is 18.4 Å². The van der Waals surface area contributed by atoms with Gasteiger partial charge in [0.25, 0.3) is 5.91 Å². The number of nitrogens with one attached hydrogen (secondary N) is 1. The summed E-state index contributed by atoms with van der Waals surface area (Å²) in [6.07, 6.45) is 7.17. The van der Waals surface area contributed by atoms with E-state index in [1.165, 1.54) is 24.7 Å². The molecule has 0 aliphatic carbocycles. The van der Waals surface area contributed by atoms with Gasteiger partial charge in [-0.3, -0.25) is 9.59 Å². The summed E-state index contributed by atoms with van der Waals surface area (Å²) >= 11 is 0. The van der Waals surface area contributed by atoms with Crippen LogP contribution < -0.4 is 11.1 Å². The minimum absolute atomic E-state index is 0.185. The number of aromatic nitrogens is 5. The van der Waals surface area contributed by atoms with E-state index in [0.717, 1.165) is 12.8 Å². The number of para-hydroxylation sites is 1. The van der Waals surface area contributed by atoms with Crippen molar-refractivity contribution in [3.8, 4) is 22.4 Å². The van der Waals surface area contributed by atoms with Gasteiger partial charge in [0.1, 0.15) is 17.7 Å². The summed E-state index contributed by atoms with van der Waals surface area (Å²) in [6.45, 7) is 1.35. The van der Waals surface area contributed by atoms with Gasteiger partial charge in [0.2, 0.25) is 5.91 Å². The Bertz CT molecular complexity index is 1820. The predicted octanol–water partition coefficient (Wildman–Crippen LogP) is 5.89. The minimum atomic E-state index is -2.82. The highest BCUT2D eigenvalue weighted by Gasteiger charge is 2.32. The van der Waals surface area contributed by atoms with Gasteiger partial charge in [-0.2, -0.15) is 19.0 Å². The molecule has 1 saturated heterocycles. The molecule has 0 spiro atoms. The second-order valence-corrected chi connectivity index (χ2v) is 10.2. The van der Waals surface area contributed by atoms with Crippen molar-refractivity contribution in [2.24, 2.45) is 0 Å². The molecule has 0 unspecified atom stereocenters. The van der Waals surface area contributed by atoms with E-state index < -0.39 is 12.7 Å². The van der Waals surface area contributed by atoms with E-state index in [1.807, 2.05) is 18.2 Å². The zero-order chi connectivity index (χ0) is 30.1. The van der Waals surface area contributed by atoms with Crippen molar-refractivity contribution in [2.75, 3.05) is 17.6 Å². The molecule has 3 aromatic heterocycles. The van der Waals surface area contributed by atoms with Gasteiger partial charge < -0.3 is 16.0 Å². The van der Waals surface area contributed by atoms with Crippen molar-refractivity contribution in [1.29, 1.82) is 0 Å². The molecule has 43 heavy (non-hydrogen) atoms. The summed E-state index contributed by atoms with van der Waals surface area (Å²) in [7, 11) is 0. The van der Waals surface area contributed by atoms with Crippen LogP contribution in [-0.2, 0) is 4.79 Å². The number of nitrogens with zero attached hydrogens (tertiary/aromatic N) is 6. The first-order chi connectivity index (χ1) is 20.9. The van der Waals surface area contributed by atoms with E-state index >= 15 is 0 Å². The molecule has 4 heterocycles. The molecule has 0 saturated carbocycles. The lowest BCUT2D eigenvalue weighted by atomic mass is 10.0. The molecule has 1 atom stereocenters. The van der Waals surface area contributed by atoms with Gasteiger partial charge in [-0.05, 0) is 49.6 Å². The van der Waals surface area contributed by atoms with Crippen molar-refractivity contribution in [1.82, 2.24) is 29.4 Å². The lowest BCUT2D eigenvalue weighted by Gasteiger charge is -2.35. The second kappa shape index (κ2) is 11.5. The first-order valence-corrected chi connectivity index (χ1v) is 13.7. The second-order valence-electron chi connectivity index (χ2n) is 10.2. The first-order valence-electron chi connectivity index (χ1n) is 13.7. The molecule has 1 aliphatic heterocycles. The predicted molar refractivity (Wildman–Crippen MR) is 159 cm³/mol. The Labute approximate surface area is 245 Å². The number of hydrogen-bond acceptors (Lipinski definition) is 6. The van der Waals surface area contributed by atoms with Crippen LogP contribution in [-0.4, -0.2) is 47.8 Å². The molecule has 5 aromatic rings. The van der Waals surface area contributed by atoms with Gasteiger partial charge in [0, 0.05) is 46.9 Å². The Balaban J connectivity index is 1.49. The number of fused-ring (bicyclic) bond motifs is 1. The summed E-state index contributed by atoms with van der Waals surface area (Å²) in [5.74, 6) is -0.323. The van der Waals surface area contributed by atoms with E-state index in [2.05, 4.69) is 22.0 Å². The van der Waals surface area contributed by atoms with Gasteiger partial charge in [0.15, 0.2) is 0 Å². The number of amides is 2. The number of rotatable bonds is 7. The highest BCUT2D eigenvalue weighted by molar-refractivity contribution is 6.08. The molecule has 2 aromatic carbocycles. The Morgan fingerprint density at radius 1 is 1.05 bits per heavy atom. The number of carbonyl (C=O) groups excluding carboxylic acids is 2. The lowest BCUT2D eigenvalue weighted by Crippen LogP contribution is -2.40. The molecular formula is C31H28F2N8O2. The van der Waals surface area contributed by atoms with Crippen molar-refractivity contribution in [2.45, 2.75) is 32.0 Å². The molecular weight excluding hydrogens is 554 g/mol. The molecule has 12 heteroatoms. The third kappa shape index (κ3) is 5.23. The van der Waals surface area contributed by atoms with Crippen LogP contribution in [0.4, 0.5) is 20.3 Å². The van der Waals surface area contributed by atoms with Gasteiger partial charge in [-0.1, -0.05) is 36.9 Å². The fourth-order valence-electron chi connectivity index (χ4n) is 5.45. The van der Waals surface area contributed by atoms with Crippen molar-refractivity contribution < 1.29 is 18.4 Å². The number of pyridine rings is 1. The quantitative estimate of drug-likeness (QED) is 0.231.